The van der Waals surface area contributed by atoms with Crippen LogP contribution in [0.1, 0.15) is 11.1 Å². The van der Waals surface area contributed by atoms with Crippen LogP contribution in [0.25, 0.3) is 0 Å². The molecule has 0 amide bonds. The van der Waals surface area contributed by atoms with E-state index in [1.165, 1.54) is 0 Å². The average Bonchev–Trinajstić information content (AvgIpc) is 2.52. The van der Waals surface area contributed by atoms with Crippen molar-refractivity contribution in [3.05, 3.63) is 72.9 Å². The van der Waals surface area contributed by atoms with Gasteiger partial charge in [-0.1, -0.05) is 0 Å². The molecule has 0 N–H and O–H groups in total. The van der Waals surface area contributed by atoms with Gasteiger partial charge in [0, 0.05) is 17.4 Å². The van der Waals surface area contributed by atoms with Crippen LogP contribution in [0.4, 0.5) is 52.7 Å². The van der Waals surface area contributed by atoms with E-state index >= 15 is 0 Å². The fraction of sp³-hybridized carbons (Fsp3) is 0.250. The van der Waals surface area contributed by atoms with Crippen LogP contribution in [-0.2, 0) is 29.7 Å². The van der Waals surface area contributed by atoms with E-state index in [0.717, 1.165) is 0 Å². The van der Waals surface area contributed by atoms with Crippen molar-refractivity contribution in [1.29, 1.82) is 0 Å². The van der Waals surface area contributed by atoms with Crippen molar-refractivity contribution >= 4 is 0 Å². The Morgan fingerprint density at radius 1 is 0.483 bits per heavy atom. The smallest absolute Gasteiger partial charge is 0.416 e. The molecule has 1 aromatic rings. The molecule has 168 valence electrons. The first-order valence-corrected chi connectivity index (χ1v) is 6.91. The van der Waals surface area contributed by atoms with Gasteiger partial charge in [0.2, 0.25) is 12.4 Å². The average molecular weight is 480 g/mol. The molecule has 1 aliphatic rings. The zero-order valence-electron chi connectivity index (χ0n) is 13.6. The summed E-state index contributed by atoms with van der Waals surface area (Å²) < 4.78 is 143. The summed E-state index contributed by atoms with van der Waals surface area (Å²) in [5.41, 5.74) is -2.18. The maximum atomic E-state index is 11.9. The summed E-state index contributed by atoms with van der Waals surface area (Å²) in [5, 5.41) is 0. The van der Waals surface area contributed by atoms with E-state index in [9.17, 15) is 52.7 Å². The van der Waals surface area contributed by atoms with Gasteiger partial charge in [-0.15, -0.1) is 0 Å². The van der Waals surface area contributed by atoms with Gasteiger partial charge < -0.3 is 37.5 Å². The Morgan fingerprint density at radius 3 is 0.828 bits per heavy atom. The van der Waals surface area contributed by atoms with E-state index < -0.39 is 47.7 Å². The molecule has 0 saturated heterocycles. The second-order valence-electron chi connectivity index (χ2n) is 5.15. The number of hydrogen-bond acceptors (Lipinski definition) is 0. The largest absolute Gasteiger partial charge is 0.716 e. The summed E-state index contributed by atoms with van der Waals surface area (Å²) >= 11 is 0. The Labute approximate surface area is 168 Å². The van der Waals surface area contributed by atoms with E-state index in [1.807, 2.05) is 0 Å². The molecule has 1 fully saturated rings. The zero-order chi connectivity index (χ0) is 22.0. The normalized spacial score (nSPS) is 17.2. The first kappa shape index (κ1) is 27.9. The fourth-order valence-corrected chi connectivity index (χ4v) is 1.70. The number of hydrogen-bond donors (Lipinski definition) is 0. The van der Waals surface area contributed by atoms with Gasteiger partial charge in [0.25, 0.3) is 0 Å². The van der Waals surface area contributed by atoms with Gasteiger partial charge in [-0.25, -0.2) is 26.3 Å². The van der Waals surface area contributed by atoms with Crippen molar-refractivity contribution in [2.45, 2.75) is 24.7 Å². The van der Waals surface area contributed by atoms with Crippen LogP contribution in [0.2, 0.25) is 0 Å². The minimum Gasteiger partial charge on any atom is -0.716 e. The number of halogens is 12. The summed E-state index contributed by atoms with van der Waals surface area (Å²) in [4.78, 5) is 0. The quantitative estimate of drug-likeness (QED) is 0.283. The van der Waals surface area contributed by atoms with Gasteiger partial charge >= 0.3 is 12.4 Å². The molecule has 1 aromatic carbocycles. The van der Waals surface area contributed by atoms with E-state index in [4.69, 9.17) is 0 Å². The number of benzene rings is 1. The summed E-state index contributed by atoms with van der Waals surface area (Å²) in [7, 11) is 0. The maximum Gasteiger partial charge on any atom is 0.416 e. The van der Waals surface area contributed by atoms with Gasteiger partial charge in [0.05, 0.1) is 11.1 Å². The first-order chi connectivity index (χ1) is 12.4. The molecular weight excluding hydrogens is 472 g/mol. The first-order valence-electron chi connectivity index (χ1n) is 6.91. The second kappa shape index (κ2) is 9.81. The minimum atomic E-state index is -4.61. The second-order valence-corrected chi connectivity index (χ2v) is 5.15. The van der Waals surface area contributed by atoms with Crippen LogP contribution in [0.5, 0.6) is 0 Å². The Morgan fingerprint density at radius 2 is 0.690 bits per heavy atom. The van der Waals surface area contributed by atoms with E-state index in [-0.39, 0.29) is 17.4 Å². The molecular formula is C16H8CrF12-6. The third-order valence-electron chi connectivity index (χ3n) is 3.08. The Bertz CT molecular complexity index is 546. The Hall–Kier alpha value is -1.09. The predicted molar refractivity (Wildman–Crippen MR) is 72.2 cm³/mol. The molecule has 1 aliphatic carbocycles. The van der Waals surface area contributed by atoms with Gasteiger partial charge in [0.1, 0.15) is 0 Å². The number of alkyl halides is 12. The molecule has 0 atom stereocenters. The minimum absolute atomic E-state index is 0. The fourth-order valence-electron chi connectivity index (χ4n) is 1.70. The van der Waals surface area contributed by atoms with Crippen molar-refractivity contribution in [1.82, 2.24) is 0 Å². The van der Waals surface area contributed by atoms with E-state index in [0.29, 0.717) is 49.9 Å². The molecule has 0 aromatic heterocycles. The van der Waals surface area contributed by atoms with Crippen LogP contribution in [0.3, 0.4) is 0 Å². The van der Waals surface area contributed by atoms with Gasteiger partial charge in [-0.2, -0.15) is 26.3 Å². The van der Waals surface area contributed by atoms with Gasteiger partial charge in [-0.05, 0) is 24.3 Å². The summed E-state index contributed by atoms with van der Waals surface area (Å²) in [6, 6.07) is 1.62. The maximum absolute atomic E-state index is 11.9. The molecule has 0 spiro atoms. The summed E-state index contributed by atoms with van der Waals surface area (Å²) in [6.45, 7) is 0. The Kier molecular flexibility index (Phi) is 9.45. The van der Waals surface area contributed by atoms with Crippen LogP contribution >= 0.6 is 0 Å². The van der Waals surface area contributed by atoms with Crippen LogP contribution in [0.15, 0.2) is 24.3 Å². The molecule has 13 heteroatoms. The monoisotopic (exact) mass is 480 g/mol. The van der Waals surface area contributed by atoms with Crippen molar-refractivity contribution < 1.29 is 70.0 Å². The van der Waals surface area contributed by atoms with Crippen LogP contribution < -0.4 is 0 Å². The number of rotatable bonds is 0. The molecule has 1 saturated carbocycles. The van der Waals surface area contributed by atoms with E-state index in [2.05, 4.69) is 0 Å². The van der Waals surface area contributed by atoms with Crippen LogP contribution in [0, 0.1) is 37.5 Å². The molecule has 0 bridgehead atoms. The molecule has 0 unspecified atom stereocenters. The molecule has 29 heavy (non-hydrogen) atoms. The SMILES string of the molecule is FC(F)(F)[C-]1[CH-][CH-][C-](C(F)(F)F)[CH-][CH-]1.FC(F)(F)c1ccc(C(F)(F)F)cc1.[Cr]. The van der Waals surface area contributed by atoms with Gasteiger partial charge in [0.15, 0.2) is 0 Å². The van der Waals surface area contributed by atoms with Crippen molar-refractivity contribution in [3.63, 3.8) is 0 Å². The summed E-state index contributed by atoms with van der Waals surface area (Å²) in [5.74, 6) is -2.18. The van der Waals surface area contributed by atoms with Crippen molar-refractivity contribution in [3.8, 4) is 0 Å². The van der Waals surface area contributed by atoms with E-state index in [1.54, 1.807) is 0 Å². The van der Waals surface area contributed by atoms with Gasteiger partial charge in [-0.3, -0.25) is 0 Å². The predicted octanol–water partition coefficient (Wildman–Crippen LogP) is 6.81. The third-order valence-corrected chi connectivity index (χ3v) is 3.08. The molecule has 2 rings (SSSR count). The van der Waals surface area contributed by atoms with Crippen LogP contribution in [-0.4, -0.2) is 12.4 Å². The summed E-state index contributed by atoms with van der Waals surface area (Å²) in [6.07, 6.45) is -16.8. The van der Waals surface area contributed by atoms with Crippen molar-refractivity contribution in [2.24, 2.45) is 0 Å². The Balaban J connectivity index is 0.000000523. The third kappa shape index (κ3) is 9.07. The molecule has 0 heterocycles. The topological polar surface area (TPSA) is 0 Å². The molecule has 0 radical (unpaired) electrons. The zero-order valence-corrected chi connectivity index (χ0v) is 14.8. The van der Waals surface area contributed by atoms with Crippen molar-refractivity contribution in [2.75, 3.05) is 0 Å². The molecule has 0 aliphatic heterocycles. The molecule has 0 nitrogen and oxygen atoms in total. The standard InChI is InChI=1S/2C8H4F6.Cr/c2*9-7(10,11)5-1-2-6(4-3-5)8(12,13)14;/h2*1-4H;/q;-6;.